The summed E-state index contributed by atoms with van der Waals surface area (Å²) in [5.74, 6) is 1.24. The fraction of sp³-hybridized carbons (Fsp3) is 0.125. The first kappa shape index (κ1) is 21.7. The van der Waals surface area contributed by atoms with Gasteiger partial charge in [0.05, 0.1) is 24.2 Å². The molecular formula is C24H19BrFN3O3. The number of fused-ring (bicyclic) bond motifs is 1. The van der Waals surface area contributed by atoms with Crippen molar-refractivity contribution in [2.45, 2.75) is 13.5 Å². The average molecular weight is 496 g/mol. The monoisotopic (exact) mass is 495 g/mol. The average Bonchev–Trinajstić information content (AvgIpc) is 2.79. The van der Waals surface area contributed by atoms with E-state index in [1.807, 2.05) is 6.07 Å². The van der Waals surface area contributed by atoms with Crippen molar-refractivity contribution in [3.05, 3.63) is 98.3 Å². The summed E-state index contributed by atoms with van der Waals surface area (Å²) in [4.78, 5) is 17.3. The van der Waals surface area contributed by atoms with Crippen LogP contribution < -0.4 is 15.0 Å². The number of hydrogen-bond donors (Lipinski definition) is 0. The van der Waals surface area contributed by atoms with Crippen molar-refractivity contribution < 1.29 is 13.9 Å². The number of ether oxygens (including phenoxy) is 2. The van der Waals surface area contributed by atoms with Gasteiger partial charge in [0.15, 0.2) is 11.5 Å². The highest BCUT2D eigenvalue weighted by Crippen LogP contribution is 2.28. The summed E-state index contributed by atoms with van der Waals surface area (Å²) in [6.45, 7) is 2.00. The molecule has 0 unspecified atom stereocenters. The zero-order chi connectivity index (χ0) is 22.7. The topological polar surface area (TPSA) is 65.7 Å². The highest BCUT2D eigenvalue weighted by molar-refractivity contribution is 9.10. The van der Waals surface area contributed by atoms with Gasteiger partial charge in [-0.2, -0.15) is 9.78 Å². The quantitative estimate of drug-likeness (QED) is 0.350. The summed E-state index contributed by atoms with van der Waals surface area (Å²) in [6, 6.07) is 16.8. The fourth-order valence-electron chi connectivity index (χ4n) is 3.15. The van der Waals surface area contributed by atoms with Crippen molar-refractivity contribution in [3.8, 4) is 11.5 Å². The number of rotatable bonds is 6. The van der Waals surface area contributed by atoms with Crippen LogP contribution in [0.25, 0.3) is 10.9 Å². The van der Waals surface area contributed by atoms with Crippen LogP contribution in [0.3, 0.4) is 0 Å². The van der Waals surface area contributed by atoms with Gasteiger partial charge in [0.1, 0.15) is 18.2 Å². The molecule has 0 atom stereocenters. The van der Waals surface area contributed by atoms with Crippen LogP contribution in [0, 0.1) is 12.7 Å². The van der Waals surface area contributed by atoms with Gasteiger partial charge in [-0.25, -0.2) is 9.37 Å². The molecule has 0 spiro atoms. The van der Waals surface area contributed by atoms with E-state index in [9.17, 15) is 9.18 Å². The maximum atomic E-state index is 13.1. The number of benzene rings is 3. The molecule has 0 saturated heterocycles. The number of halogens is 2. The Balaban J connectivity index is 1.58. The lowest BCUT2D eigenvalue weighted by Crippen LogP contribution is -2.20. The number of hydrogen-bond acceptors (Lipinski definition) is 5. The zero-order valence-electron chi connectivity index (χ0n) is 17.4. The molecule has 162 valence electrons. The zero-order valence-corrected chi connectivity index (χ0v) is 19.0. The van der Waals surface area contributed by atoms with Crippen molar-refractivity contribution in [1.82, 2.24) is 9.66 Å². The molecule has 8 heteroatoms. The Morgan fingerprint density at radius 1 is 1.09 bits per heavy atom. The van der Waals surface area contributed by atoms with Gasteiger partial charge >= 0.3 is 0 Å². The molecule has 0 aliphatic rings. The number of aromatic nitrogens is 2. The standard InChI is InChI=1S/C24H19BrFN3O3/c1-15-28-21-9-6-18(25)12-20(21)24(30)29(15)27-13-17-5-10-22(23(11-17)31-2)32-14-16-3-7-19(26)8-4-16/h3-13H,14H2,1-2H3. The van der Waals surface area contributed by atoms with Crippen LogP contribution in [-0.4, -0.2) is 23.0 Å². The lowest BCUT2D eigenvalue weighted by molar-refractivity contribution is 0.284. The van der Waals surface area contributed by atoms with Crippen LogP contribution >= 0.6 is 15.9 Å². The van der Waals surface area contributed by atoms with Crippen molar-refractivity contribution in [1.29, 1.82) is 0 Å². The Labute approximate surface area is 192 Å². The van der Waals surface area contributed by atoms with Crippen LogP contribution in [0.1, 0.15) is 17.0 Å². The molecule has 0 bridgehead atoms. The van der Waals surface area contributed by atoms with Crippen LogP contribution in [0.4, 0.5) is 4.39 Å². The van der Waals surface area contributed by atoms with Gasteiger partial charge in [-0.15, -0.1) is 0 Å². The normalized spacial score (nSPS) is 11.2. The molecule has 0 N–H and O–H groups in total. The molecule has 4 aromatic rings. The second-order valence-electron chi connectivity index (χ2n) is 7.01. The van der Waals surface area contributed by atoms with Crippen molar-refractivity contribution in [2.24, 2.45) is 5.10 Å². The molecule has 0 amide bonds. The fourth-order valence-corrected chi connectivity index (χ4v) is 3.51. The van der Waals surface area contributed by atoms with Gasteiger partial charge in [0, 0.05) is 4.47 Å². The second kappa shape index (κ2) is 9.32. The first-order valence-corrected chi connectivity index (χ1v) is 10.5. The third-order valence-corrected chi connectivity index (χ3v) is 5.28. The molecule has 0 aliphatic heterocycles. The minimum Gasteiger partial charge on any atom is -0.493 e. The summed E-state index contributed by atoms with van der Waals surface area (Å²) in [5, 5.41) is 4.81. The van der Waals surface area contributed by atoms with Gasteiger partial charge in [-0.3, -0.25) is 4.79 Å². The maximum absolute atomic E-state index is 13.1. The molecule has 4 rings (SSSR count). The smallest absolute Gasteiger partial charge is 0.282 e. The van der Waals surface area contributed by atoms with E-state index in [4.69, 9.17) is 9.47 Å². The van der Waals surface area contributed by atoms with E-state index >= 15 is 0 Å². The van der Waals surface area contributed by atoms with Gasteiger partial charge in [-0.1, -0.05) is 28.1 Å². The van der Waals surface area contributed by atoms with E-state index in [-0.39, 0.29) is 18.0 Å². The first-order chi connectivity index (χ1) is 15.4. The number of methoxy groups -OCH3 is 1. The first-order valence-electron chi connectivity index (χ1n) is 9.73. The molecule has 6 nitrogen and oxygen atoms in total. The van der Waals surface area contributed by atoms with E-state index < -0.39 is 0 Å². The minimum absolute atomic E-state index is 0.253. The summed E-state index contributed by atoms with van der Waals surface area (Å²) in [6.07, 6.45) is 1.56. The Kier molecular flexibility index (Phi) is 6.32. The maximum Gasteiger partial charge on any atom is 0.282 e. The van der Waals surface area contributed by atoms with Crippen molar-refractivity contribution >= 4 is 33.0 Å². The van der Waals surface area contributed by atoms with Gasteiger partial charge in [0.25, 0.3) is 5.56 Å². The number of nitrogens with zero attached hydrogens (tertiary/aromatic N) is 3. The SMILES string of the molecule is COc1cc(C=Nn2c(C)nc3ccc(Br)cc3c2=O)ccc1OCc1ccc(F)cc1. The molecule has 0 fully saturated rings. The van der Waals surface area contributed by atoms with E-state index in [1.54, 1.807) is 62.7 Å². The third kappa shape index (κ3) is 4.70. The lowest BCUT2D eigenvalue weighted by Gasteiger charge is -2.11. The summed E-state index contributed by atoms with van der Waals surface area (Å²) >= 11 is 3.38. The molecule has 0 saturated carbocycles. The Hall–Kier alpha value is -3.52. The van der Waals surface area contributed by atoms with E-state index in [0.29, 0.717) is 28.2 Å². The predicted octanol–water partition coefficient (Wildman–Crippen LogP) is 5.08. The van der Waals surface area contributed by atoms with Crippen LogP contribution in [0.2, 0.25) is 0 Å². The van der Waals surface area contributed by atoms with E-state index in [0.717, 1.165) is 15.6 Å². The molecule has 0 radical (unpaired) electrons. The molecular weight excluding hydrogens is 477 g/mol. The van der Waals surface area contributed by atoms with Gasteiger partial charge in [-0.05, 0) is 66.6 Å². The molecule has 32 heavy (non-hydrogen) atoms. The predicted molar refractivity (Wildman–Crippen MR) is 125 cm³/mol. The Bertz CT molecular complexity index is 1370. The summed E-state index contributed by atoms with van der Waals surface area (Å²) < 4.78 is 26.4. The highest BCUT2D eigenvalue weighted by Gasteiger charge is 2.09. The Morgan fingerprint density at radius 3 is 2.62 bits per heavy atom. The largest absolute Gasteiger partial charge is 0.493 e. The van der Waals surface area contributed by atoms with E-state index in [2.05, 4.69) is 26.0 Å². The summed E-state index contributed by atoms with van der Waals surface area (Å²) in [5.41, 5.74) is 1.92. The number of aryl methyl sites for hydroxylation is 1. The van der Waals surface area contributed by atoms with Crippen LogP contribution in [0.15, 0.2) is 75.0 Å². The lowest BCUT2D eigenvalue weighted by atomic mass is 10.2. The Morgan fingerprint density at radius 2 is 1.88 bits per heavy atom. The van der Waals surface area contributed by atoms with Crippen LogP contribution in [0.5, 0.6) is 11.5 Å². The summed E-state index contributed by atoms with van der Waals surface area (Å²) in [7, 11) is 1.54. The van der Waals surface area contributed by atoms with Gasteiger partial charge < -0.3 is 9.47 Å². The van der Waals surface area contributed by atoms with Crippen molar-refractivity contribution in [2.75, 3.05) is 7.11 Å². The third-order valence-electron chi connectivity index (χ3n) is 4.79. The van der Waals surface area contributed by atoms with Gasteiger partial charge in [0.2, 0.25) is 0 Å². The van der Waals surface area contributed by atoms with Crippen molar-refractivity contribution in [3.63, 3.8) is 0 Å². The molecule has 3 aromatic carbocycles. The second-order valence-corrected chi connectivity index (χ2v) is 7.92. The molecule has 1 aromatic heterocycles. The molecule has 0 aliphatic carbocycles. The van der Waals surface area contributed by atoms with Crippen LogP contribution in [-0.2, 0) is 6.61 Å². The van der Waals surface area contributed by atoms with E-state index in [1.165, 1.54) is 16.8 Å². The molecule has 1 heterocycles. The highest BCUT2D eigenvalue weighted by atomic mass is 79.9. The minimum atomic E-state index is -0.293.